The zero-order valence-electron chi connectivity index (χ0n) is 16.7. The van der Waals surface area contributed by atoms with E-state index in [0.717, 1.165) is 10.4 Å². The average Bonchev–Trinajstić information content (AvgIpc) is 3.34. The van der Waals surface area contributed by atoms with E-state index in [4.69, 9.17) is 5.14 Å². The Labute approximate surface area is 186 Å². The first-order chi connectivity index (χ1) is 15.2. The standard InChI is InChI=1S/C20H17FN6O3S2/c1-12-18(25-26-27(12)15-6-4-14(21)5-7-15)19(28)24-20-23-11-16(31-20)10-13-2-8-17(9-3-13)32(22,29)30/h2-9,11H,10H2,1H3,(H2,22,29,30)(H,23,24,28). The van der Waals surface area contributed by atoms with E-state index < -0.39 is 15.9 Å². The Hall–Kier alpha value is -3.48. The van der Waals surface area contributed by atoms with Crippen LogP contribution < -0.4 is 10.5 Å². The molecule has 0 aliphatic carbocycles. The van der Waals surface area contributed by atoms with Crippen LogP contribution in [0.5, 0.6) is 0 Å². The van der Waals surface area contributed by atoms with Crippen molar-refractivity contribution in [3.8, 4) is 5.69 Å². The molecule has 0 saturated heterocycles. The molecule has 0 spiro atoms. The second-order valence-corrected chi connectivity index (χ2v) is 9.54. The molecule has 0 radical (unpaired) electrons. The molecule has 2 heterocycles. The lowest BCUT2D eigenvalue weighted by atomic mass is 10.1. The fourth-order valence-corrected chi connectivity index (χ4v) is 4.33. The van der Waals surface area contributed by atoms with Crippen LogP contribution in [0.3, 0.4) is 0 Å². The highest BCUT2D eigenvalue weighted by Gasteiger charge is 2.19. The molecule has 9 nitrogen and oxygen atoms in total. The van der Waals surface area contributed by atoms with Gasteiger partial charge in [-0.15, -0.1) is 16.4 Å². The van der Waals surface area contributed by atoms with Crippen molar-refractivity contribution in [1.29, 1.82) is 0 Å². The first-order valence-electron chi connectivity index (χ1n) is 9.27. The predicted molar refractivity (Wildman–Crippen MR) is 117 cm³/mol. The lowest BCUT2D eigenvalue weighted by molar-refractivity contribution is 0.102. The number of carbonyl (C=O) groups excluding carboxylic acids is 1. The van der Waals surface area contributed by atoms with Crippen molar-refractivity contribution in [2.24, 2.45) is 5.14 Å². The summed E-state index contributed by atoms with van der Waals surface area (Å²) < 4.78 is 37.3. The van der Waals surface area contributed by atoms with E-state index in [9.17, 15) is 17.6 Å². The summed E-state index contributed by atoms with van der Waals surface area (Å²) in [6.45, 7) is 1.69. The molecular weight excluding hydrogens is 455 g/mol. The Morgan fingerprint density at radius 2 is 1.84 bits per heavy atom. The molecule has 12 heteroatoms. The van der Waals surface area contributed by atoms with E-state index in [0.29, 0.717) is 22.9 Å². The number of sulfonamides is 1. The van der Waals surface area contributed by atoms with Gasteiger partial charge in [0, 0.05) is 17.5 Å². The van der Waals surface area contributed by atoms with Crippen LogP contribution in [-0.4, -0.2) is 34.3 Å². The molecule has 0 saturated carbocycles. The molecule has 2 aromatic heterocycles. The molecule has 3 N–H and O–H groups in total. The summed E-state index contributed by atoms with van der Waals surface area (Å²) in [5.74, 6) is -0.835. The van der Waals surface area contributed by atoms with E-state index in [1.54, 1.807) is 37.4 Å². The molecular formula is C20H17FN6O3S2. The van der Waals surface area contributed by atoms with Crippen LogP contribution >= 0.6 is 11.3 Å². The van der Waals surface area contributed by atoms with E-state index in [1.165, 1.54) is 40.3 Å². The number of hydrogen-bond donors (Lipinski definition) is 2. The van der Waals surface area contributed by atoms with Crippen molar-refractivity contribution in [3.05, 3.63) is 82.4 Å². The van der Waals surface area contributed by atoms with Crippen LogP contribution in [0.15, 0.2) is 59.6 Å². The van der Waals surface area contributed by atoms with Gasteiger partial charge in [-0.3, -0.25) is 10.1 Å². The summed E-state index contributed by atoms with van der Waals surface area (Å²) in [5.41, 5.74) is 2.09. The maximum atomic E-state index is 13.1. The highest BCUT2D eigenvalue weighted by atomic mass is 32.2. The quantitative estimate of drug-likeness (QED) is 0.443. The van der Waals surface area contributed by atoms with Gasteiger partial charge in [-0.25, -0.2) is 27.6 Å². The predicted octanol–water partition coefficient (Wildman–Crippen LogP) is 2.66. The van der Waals surface area contributed by atoms with Gasteiger partial charge in [-0.2, -0.15) is 0 Å². The third kappa shape index (κ3) is 4.72. The first-order valence-corrected chi connectivity index (χ1v) is 11.6. The van der Waals surface area contributed by atoms with Crippen LogP contribution in [0.25, 0.3) is 5.69 Å². The second-order valence-electron chi connectivity index (χ2n) is 6.86. The van der Waals surface area contributed by atoms with Gasteiger partial charge in [0.25, 0.3) is 5.91 Å². The Kier molecular flexibility index (Phi) is 5.82. The third-order valence-electron chi connectivity index (χ3n) is 4.59. The van der Waals surface area contributed by atoms with Gasteiger partial charge in [0.2, 0.25) is 10.0 Å². The topological polar surface area (TPSA) is 133 Å². The summed E-state index contributed by atoms with van der Waals surface area (Å²) in [6, 6.07) is 11.9. The van der Waals surface area contributed by atoms with Crippen molar-refractivity contribution < 1.29 is 17.6 Å². The number of aromatic nitrogens is 4. The van der Waals surface area contributed by atoms with E-state index in [-0.39, 0.29) is 16.4 Å². The van der Waals surface area contributed by atoms with Gasteiger partial charge < -0.3 is 0 Å². The first kappa shape index (κ1) is 21.7. The minimum atomic E-state index is -3.74. The SMILES string of the molecule is Cc1c(C(=O)Nc2ncc(Cc3ccc(S(N)(=O)=O)cc3)s2)nnn1-c1ccc(F)cc1. The van der Waals surface area contributed by atoms with Crippen molar-refractivity contribution in [2.45, 2.75) is 18.2 Å². The fraction of sp³-hybridized carbons (Fsp3) is 0.100. The highest BCUT2D eigenvalue weighted by Crippen LogP contribution is 2.23. The molecule has 0 bridgehead atoms. The molecule has 0 aliphatic rings. The summed E-state index contributed by atoms with van der Waals surface area (Å²) in [4.78, 5) is 17.8. The number of carbonyl (C=O) groups is 1. The lowest BCUT2D eigenvalue weighted by Crippen LogP contribution is -2.14. The molecule has 164 valence electrons. The average molecular weight is 473 g/mol. The number of hydrogen-bond acceptors (Lipinski definition) is 7. The number of thiazole rings is 1. The Morgan fingerprint density at radius 3 is 2.50 bits per heavy atom. The van der Waals surface area contributed by atoms with Crippen LogP contribution in [0.4, 0.5) is 9.52 Å². The van der Waals surface area contributed by atoms with Crippen LogP contribution in [0.1, 0.15) is 26.6 Å². The van der Waals surface area contributed by atoms with Gasteiger partial charge >= 0.3 is 0 Å². The van der Waals surface area contributed by atoms with Crippen LogP contribution in [0, 0.1) is 12.7 Å². The molecule has 0 unspecified atom stereocenters. The van der Waals surface area contributed by atoms with Crippen molar-refractivity contribution in [3.63, 3.8) is 0 Å². The second kappa shape index (κ2) is 8.57. The van der Waals surface area contributed by atoms with Crippen molar-refractivity contribution in [2.75, 3.05) is 5.32 Å². The maximum absolute atomic E-state index is 13.1. The van der Waals surface area contributed by atoms with E-state index in [2.05, 4.69) is 20.6 Å². The van der Waals surface area contributed by atoms with Crippen LogP contribution in [0.2, 0.25) is 0 Å². The summed E-state index contributed by atoms with van der Waals surface area (Å²) >= 11 is 1.29. The molecule has 0 aliphatic heterocycles. The van der Waals surface area contributed by atoms with E-state index >= 15 is 0 Å². The molecule has 4 rings (SSSR count). The number of benzene rings is 2. The summed E-state index contributed by atoms with van der Waals surface area (Å²) in [5, 5.41) is 16.1. The number of nitrogens with zero attached hydrogens (tertiary/aromatic N) is 4. The largest absolute Gasteiger partial charge is 0.296 e. The Balaban J connectivity index is 1.44. The number of nitrogens with two attached hydrogens (primary N) is 1. The van der Waals surface area contributed by atoms with Gasteiger partial charge in [0.15, 0.2) is 10.8 Å². The minimum absolute atomic E-state index is 0.0440. The number of primary sulfonamides is 1. The lowest BCUT2D eigenvalue weighted by Gasteiger charge is -2.03. The molecule has 0 atom stereocenters. The zero-order chi connectivity index (χ0) is 22.9. The fourth-order valence-electron chi connectivity index (χ4n) is 2.97. The molecule has 2 aromatic carbocycles. The van der Waals surface area contributed by atoms with Gasteiger partial charge in [-0.05, 0) is 48.9 Å². The number of amides is 1. The van der Waals surface area contributed by atoms with Gasteiger partial charge in [0.1, 0.15) is 5.82 Å². The summed E-state index contributed by atoms with van der Waals surface area (Å²) in [6.07, 6.45) is 2.15. The molecule has 0 fully saturated rings. The minimum Gasteiger partial charge on any atom is -0.296 e. The zero-order valence-corrected chi connectivity index (χ0v) is 18.3. The number of anilines is 1. The van der Waals surface area contributed by atoms with Crippen molar-refractivity contribution in [1.82, 2.24) is 20.0 Å². The van der Waals surface area contributed by atoms with Crippen molar-refractivity contribution >= 4 is 32.4 Å². The highest BCUT2D eigenvalue weighted by molar-refractivity contribution is 7.89. The number of halogens is 1. The van der Waals surface area contributed by atoms with Gasteiger partial charge in [-0.1, -0.05) is 17.3 Å². The van der Waals surface area contributed by atoms with E-state index in [1.807, 2.05) is 0 Å². The number of rotatable bonds is 6. The molecule has 1 amide bonds. The molecule has 4 aromatic rings. The summed E-state index contributed by atoms with van der Waals surface area (Å²) in [7, 11) is -3.74. The van der Waals surface area contributed by atoms with Crippen LogP contribution in [-0.2, 0) is 16.4 Å². The smallest absolute Gasteiger partial charge is 0.279 e. The number of nitrogens with one attached hydrogen (secondary N) is 1. The van der Waals surface area contributed by atoms with Gasteiger partial charge in [0.05, 0.1) is 16.3 Å². The Bertz CT molecular complexity index is 1380. The monoisotopic (exact) mass is 472 g/mol. The molecule has 32 heavy (non-hydrogen) atoms. The third-order valence-corrected chi connectivity index (χ3v) is 6.43. The normalized spacial score (nSPS) is 11.5. The Morgan fingerprint density at radius 1 is 1.16 bits per heavy atom. The maximum Gasteiger partial charge on any atom is 0.279 e.